The lowest BCUT2D eigenvalue weighted by molar-refractivity contribution is 0.1000. The summed E-state index contributed by atoms with van der Waals surface area (Å²) in [6.45, 7) is 4.60. The van der Waals surface area contributed by atoms with Crippen LogP contribution in [-0.4, -0.2) is 29.9 Å². The quantitative estimate of drug-likeness (QED) is 0.737. The molecule has 9 heteroatoms. The van der Waals surface area contributed by atoms with Crippen LogP contribution in [0.4, 0.5) is 19.9 Å². The zero-order valence-electron chi connectivity index (χ0n) is 14.2. The highest BCUT2D eigenvalue weighted by Gasteiger charge is 2.27. The molecule has 1 aliphatic rings. The number of nitrogens with two attached hydrogens (primary N) is 1. The van der Waals surface area contributed by atoms with Crippen LogP contribution in [0.25, 0.3) is 0 Å². The second-order valence-electron chi connectivity index (χ2n) is 5.78. The lowest BCUT2D eigenvalue weighted by Gasteiger charge is -2.25. The van der Waals surface area contributed by atoms with Gasteiger partial charge in [0, 0.05) is 23.7 Å². The highest BCUT2D eigenvalue weighted by Crippen LogP contribution is 2.36. The van der Waals surface area contributed by atoms with Gasteiger partial charge in [-0.15, -0.1) is 23.7 Å². The van der Waals surface area contributed by atoms with Crippen molar-refractivity contribution in [3.8, 4) is 0 Å². The van der Waals surface area contributed by atoms with E-state index < -0.39 is 17.8 Å². The average Bonchev–Trinajstić information content (AvgIpc) is 2.91. The van der Waals surface area contributed by atoms with Crippen molar-refractivity contribution in [2.45, 2.75) is 19.9 Å². The number of fused-ring (bicyclic) bond motifs is 1. The van der Waals surface area contributed by atoms with Crippen LogP contribution < -0.4 is 16.4 Å². The first-order chi connectivity index (χ1) is 12.0. The first-order valence-corrected chi connectivity index (χ1v) is 8.79. The molecule has 0 radical (unpaired) electrons. The Morgan fingerprint density at radius 2 is 2.12 bits per heavy atom. The van der Waals surface area contributed by atoms with Crippen molar-refractivity contribution >= 4 is 46.4 Å². The predicted molar refractivity (Wildman–Crippen MR) is 104 cm³/mol. The monoisotopic (exact) mass is 398 g/mol. The predicted octanol–water partition coefficient (Wildman–Crippen LogP) is 3.43. The molecule has 2 heterocycles. The number of benzene rings is 1. The van der Waals surface area contributed by atoms with E-state index in [-0.39, 0.29) is 12.4 Å². The van der Waals surface area contributed by atoms with E-state index in [1.54, 1.807) is 6.07 Å². The Morgan fingerprint density at radius 3 is 2.77 bits per heavy atom. The van der Waals surface area contributed by atoms with Crippen LogP contribution in [0.5, 0.6) is 0 Å². The van der Waals surface area contributed by atoms with Gasteiger partial charge in [-0.3, -0.25) is 15.0 Å². The average molecular weight is 399 g/mol. The summed E-state index contributed by atoms with van der Waals surface area (Å²) in [5.74, 6) is -0.995. The van der Waals surface area contributed by atoms with Crippen LogP contribution in [0.15, 0.2) is 24.3 Å². The van der Waals surface area contributed by atoms with Crippen molar-refractivity contribution in [3.05, 3.63) is 46.1 Å². The number of amides is 3. The number of anilines is 2. The highest BCUT2D eigenvalue weighted by molar-refractivity contribution is 7.17. The molecular formula is C17H20ClFN4O2S. The van der Waals surface area contributed by atoms with Crippen molar-refractivity contribution in [1.82, 2.24) is 4.90 Å². The molecule has 1 aliphatic heterocycles. The third-order valence-electron chi connectivity index (χ3n) is 4.14. The number of urea groups is 1. The number of carbonyl (C=O) groups excluding carboxylic acids is 2. The van der Waals surface area contributed by atoms with Gasteiger partial charge in [-0.2, -0.15) is 0 Å². The summed E-state index contributed by atoms with van der Waals surface area (Å²) >= 11 is 1.36. The number of halogens is 2. The van der Waals surface area contributed by atoms with Gasteiger partial charge in [0.15, 0.2) is 0 Å². The first kappa shape index (κ1) is 20.2. The SMILES string of the molecule is CCN1CCc2c(sc(NC(=O)Nc3cccc(F)c3)c2C(N)=O)C1.Cl. The second-order valence-corrected chi connectivity index (χ2v) is 6.89. The molecule has 2 aromatic rings. The number of hydrogen-bond donors (Lipinski definition) is 3. The van der Waals surface area contributed by atoms with Crippen molar-refractivity contribution in [2.75, 3.05) is 23.7 Å². The van der Waals surface area contributed by atoms with E-state index in [0.29, 0.717) is 16.3 Å². The van der Waals surface area contributed by atoms with Gasteiger partial charge in [-0.1, -0.05) is 13.0 Å². The molecule has 140 valence electrons. The van der Waals surface area contributed by atoms with E-state index in [4.69, 9.17) is 5.73 Å². The Labute approximate surface area is 161 Å². The number of nitrogens with zero attached hydrogens (tertiary/aromatic N) is 1. The number of nitrogens with one attached hydrogen (secondary N) is 2. The third-order valence-corrected chi connectivity index (χ3v) is 5.27. The summed E-state index contributed by atoms with van der Waals surface area (Å²) in [6, 6.07) is 5.05. The van der Waals surface area contributed by atoms with Crippen molar-refractivity contribution < 1.29 is 14.0 Å². The molecule has 1 aromatic carbocycles. The largest absolute Gasteiger partial charge is 0.365 e. The summed E-state index contributed by atoms with van der Waals surface area (Å²) in [5, 5.41) is 5.66. The number of carbonyl (C=O) groups is 2. The highest BCUT2D eigenvalue weighted by atomic mass is 35.5. The van der Waals surface area contributed by atoms with Gasteiger partial charge in [0.2, 0.25) is 0 Å². The fourth-order valence-corrected chi connectivity index (χ4v) is 4.20. The molecule has 0 aliphatic carbocycles. The van der Waals surface area contributed by atoms with Crippen LogP contribution in [0.3, 0.4) is 0 Å². The molecule has 0 bridgehead atoms. The van der Waals surface area contributed by atoms with Crippen LogP contribution >= 0.6 is 23.7 Å². The van der Waals surface area contributed by atoms with E-state index in [9.17, 15) is 14.0 Å². The van der Waals surface area contributed by atoms with E-state index in [2.05, 4.69) is 22.5 Å². The fraction of sp³-hybridized carbons (Fsp3) is 0.294. The zero-order valence-corrected chi connectivity index (χ0v) is 15.8. The van der Waals surface area contributed by atoms with Crippen LogP contribution in [-0.2, 0) is 13.0 Å². The number of likely N-dealkylation sites (N-methyl/N-ethyl adjacent to an activating group) is 1. The second kappa shape index (κ2) is 8.48. The Hall–Kier alpha value is -2.16. The topological polar surface area (TPSA) is 87.5 Å². The van der Waals surface area contributed by atoms with Crippen molar-refractivity contribution in [2.24, 2.45) is 5.73 Å². The minimum Gasteiger partial charge on any atom is -0.365 e. The summed E-state index contributed by atoms with van der Waals surface area (Å²) in [5.41, 5.74) is 7.16. The Bertz CT molecular complexity index is 827. The molecule has 3 amide bonds. The van der Waals surface area contributed by atoms with Crippen LogP contribution in [0.2, 0.25) is 0 Å². The molecule has 4 N–H and O–H groups in total. The van der Waals surface area contributed by atoms with Crippen molar-refractivity contribution in [3.63, 3.8) is 0 Å². The number of thiophene rings is 1. The maximum atomic E-state index is 13.2. The number of rotatable bonds is 4. The molecule has 0 saturated heterocycles. The van der Waals surface area contributed by atoms with E-state index in [1.807, 2.05) is 0 Å². The zero-order chi connectivity index (χ0) is 18.0. The van der Waals surface area contributed by atoms with E-state index in [0.717, 1.165) is 36.5 Å². The molecular weight excluding hydrogens is 379 g/mol. The summed E-state index contributed by atoms with van der Waals surface area (Å²) in [4.78, 5) is 27.4. The lowest BCUT2D eigenvalue weighted by atomic mass is 10.0. The molecule has 0 fully saturated rings. The molecule has 0 unspecified atom stereocenters. The molecule has 0 atom stereocenters. The van der Waals surface area contributed by atoms with Crippen molar-refractivity contribution in [1.29, 1.82) is 0 Å². The maximum Gasteiger partial charge on any atom is 0.324 e. The maximum absolute atomic E-state index is 13.2. The summed E-state index contributed by atoms with van der Waals surface area (Å²) < 4.78 is 13.2. The van der Waals surface area contributed by atoms with Gasteiger partial charge in [0.25, 0.3) is 5.91 Å². The normalized spacial score (nSPS) is 13.5. The van der Waals surface area contributed by atoms with Crippen LogP contribution in [0, 0.1) is 5.82 Å². The van der Waals surface area contributed by atoms with Gasteiger partial charge in [0.05, 0.1) is 5.56 Å². The lowest BCUT2D eigenvalue weighted by Crippen LogP contribution is -2.30. The van der Waals surface area contributed by atoms with Crippen LogP contribution in [0.1, 0.15) is 27.7 Å². The Balaban J connectivity index is 0.00000243. The smallest absolute Gasteiger partial charge is 0.324 e. The standard InChI is InChI=1S/C17H19FN4O2S.ClH/c1-2-22-7-6-12-13(9-22)25-16(14(12)15(19)23)21-17(24)20-11-5-3-4-10(18)8-11;/h3-5,8H,2,6-7,9H2,1H3,(H2,19,23)(H2,20,21,24);1H. The van der Waals surface area contributed by atoms with E-state index >= 15 is 0 Å². The molecule has 6 nitrogen and oxygen atoms in total. The van der Waals surface area contributed by atoms with Gasteiger partial charge < -0.3 is 11.1 Å². The minimum absolute atomic E-state index is 0. The first-order valence-electron chi connectivity index (χ1n) is 7.98. The molecule has 0 spiro atoms. The molecule has 1 aromatic heterocycles. The van der Waals surface area contributed by atoms with Gasteiger partial charge in [-0.05, 0) is 36.7 Å². The minimum atomic E-state index is -0.552. The summed E-state index contributed by atoms with van der Waals surface area (Å²) in [6.07, 6.45) is 0.727. The molecule has 0 saturated carbocycles. The number of primary amides is 1. The number of hydrogen-bond acceptors (Lipinski definition) is 4. The molecule has 3 rings (SSSR count). The Kier molecular flexibility index (Phi) is 6.57. The molecule has 26 heavy (non-hydrogen) atoms. The van der Waals surface area contributed by atoms with Gasteiger partial charge in [0.1, 0.15) is 10.8 Å². The summed E-state index contributed by atoms with van der Waals surface area (Å²) in [7, 11) is 0. The van der Waals surface area contributed by atoms with E-state index in [1.165, 1.54) is 29.5 Å². The fourth-order valence-electron chi connectivity index (χ4n) is 2.91. The van der Waals surface area contributed by atoms with Gasteiger partial charge >= 0.3 is 6.03 Å². The van der Waals surface area contributed by atoms with Gasteiger partial charge in [-0.25, -0.2) is 9.18 Å². The third kappa shape index (κ3) is 4.32. The Morgan fingerprint density at radius 1 is 1.35 bits per heavy atom.